The molecule has 7 heteroatoms. The minimum Gasteiger partial charge on any atom is -0.487 e. The number of aromatic nitrogens is 3. The van der Waals surface area contributed by atoms with Crippen molar-refractivity contribution in [1.29, 1.82) is 0 Å². The number of halogens is 1. The third-order valence-corrected chi connectivity index (χ3v) is 5.83. The zero-order chi connectivity index (χ0) is 23.4. The van der Waals surface area contributed by atoms with Crippen LogP contribution >= 0.6 is 0 Å². The SMILES string of the molecule is CC.Cn1c2c(c3ccc(-n4ccc(OCc5ccc(F)cn5)cc4=O)cc31)CNCCC2. The predicted octanol–water partition coefficient (Wildman–Crippen LogP) is 4.50. The highest BCUT2D eigenvalue weighted by molar-refractivity contribution is 5.87. The molecule has 1 N–H and O–H groups in total. The van der Waals surface area contributed by atoms with E-state index in [4.69, 9.17) is 4.74 Å². The molecule has 0 saturated heterocycles. The van der Waals surface area contributed by atoms with E-state index in [0.717, 1.165) is 43.3 Å². The summed E-state index contributed by atoms with van der Waals surface area (Å²) >= 11 is 0. The smallest absolute Gasteiger partial charge is 0.258 e. The summed E-state index contributed by atoms with van der Waals surface area (Å²) in [6.07, 6.45) is 5.04. The van der Waals surface area contributed by atoms with E-state index in [1.165, 1.54) is 28.8 Å². The van der Waals surface area contributed by atoms with Gasteiger partial charge in [-0.05, 0) is 55.3 Å². The van der Waals surface area contributed by atoms with Crippen LogP contribution in [-0.2, 0) is 26.6 Å². The summed E-state index contributed by atoms with van der Waals surface area (Å²) in [4.78, 5) is 16.7. The van der Waals surface area contributed by atoms with Crippen LogP contribution in [0, 0.1) is 5.82 Å². The van der Waals surface area contributed by atoms with Crippen molar-refractivity contribution < 1.29 is 9.13 Å². The highest BCUT2D eigenvalue weighted by Crippen LogP contribution is 2.29. The van der Waals surface area contributed by atoms with Gasteiger partial charge in [-0.15, -0.1) is 0 Å². The Morgan fingerprint density at radius 3 is 2.76 bits per heavy atom. The summed E-state index contributed by atoms with van der Waals surface area (Å²) in [5, 5.41) is 4.72. The van der Waals surface area contributed by atoms with Gasteiger partial charge in [0, 0.05) is 36.9 Å². The molecular formula is C26H29FN4O2. The number of fused-ring (bicyclic) bond motifs is 3. The van der Waals surface area contributed by atoms with E-state index in [-0.39, 0.29) is 12.2 Å². The van der Waals surface area contributed by atoms with Gasteiger partial charge < -0.3 is 14.6 Å². The first kappa shape index (κ1) is 22.7. The van der Waals surface area contributed by atoms with Crippen LogP contribution in [0.15, 0.2) is 59.7 Å². The number of nitrogens with zero attached hydrogens (tertiary/aromatic N) is 3. The van der Waals surface area contributed by atoms with E-state index in [1.54, 1.807) is 22.9 Å². The molecule has 1 aromatic carbocycles. The summed E-state index contributed by atoms with van der Waals surface area (Å²) in [5.41, 5.74) is 5.07. The van der Waals surface area contributed by atoms with Gasteiger partial charge in [-0.3, -0.25) is 14.3 Å². The summed E-state index contributed by atoms with van der Waals surface area (Å²) in [7, 11) is 2.10. The first-order chi connectivity index (χ1) is 16.1. The number of aryl methyl sites for hydroxylation is 1. The second-order valence-corrected chi connectivity index (χ2v) is 7.79. The first-order valence-electron chi connectivity index (χ1n) is 11.4. The molecule has 1 aliphatic heterocycles. The third-order valence-electron chi connectivity index (χ3n) is 5.83. The molecule has 6 nitrogen and oxygen atoms in total. The molecule has 33 heavy (non-hydrogen) atoms. The number of ether oxygens (including phenoxy) is 1. The van der Waals surface area contributed by atoms with E-state index in [1.807, 2.05) is 19.9 Å². The summed E-state index contributed by atoms with van der Waals surface area (Å²) in [5.74, 6) is 0.0549. The number of nitrogens with one attached hydrogen (secondary N) is 1. The summed E-state index contributed by atoms with van der Waals surface area (Å²) in [6.45, 7) is 6.08. The van der Waals surface area contributed by atoms with Gasteiger partial charge in [0.05, 0.1) is 23.1 Å². The Kier molecular flexibility index (Phi) is 6.89. The molecular weight excluding hydrogens is 419 g/mol. The van der Waals surface area contributed by atoms with Gasteiger partial charge in [-0.2, -0.15) is 0 Å². The van der Waals surface area contributed by atoms with Gasteiger partial charge in [0.2, 0.25) is 0 Å². The Hall–Kier alpha value is -3.45. The minimum absolute atomic E-state index is 0.165. The fourth-order valence-corrected chi connectivity index (χ4v) is 4.23. The summed E-state index contributed by atoms with van der Waals surface area (Å²) in [6, 6.07) is 12.2. The van der Waals surface area contributed by atoms with Gasteiger partial charge in [-0.1, -0.05) is 19.9 Å². The lowest BCUT2D eigenvalue weighted by Crippen LogP contribution is -2.17. The van der Waals surface area contributed by atoms with Crippen LogP contribution in [0.5, 0.6) is 5.75 Å². The number of benzene rings is 1. The van der Waals surface area contributed by atoms with E-state index in [0.29, 0.717) is 11.4 Å². The molecule has 0 fully saturated rings. The zero-order valence-electron chi connectivity index (χ0n) is 19.3. The van der Waals surface area contributed by atoms with Crippen molar-refractivity contribution in [1.82, 2.24) is 19.4 Å². The fourth-order valence-electron chi connectivity index (χ4n) is 4.23. The van der Waals surface area contributed by atoms with Gasteiger partial charge in [-0.25, -0.2) is 4.39 Å². The van der Waals surface area contributed by atoms with Crippen LogP contribution in [0.3, 0.4) is 0 Å². The molecule has 0 atom stereocenters. The average molecular weight is 449 g/mol. The number of hydrogen-bond acceptors (Lipinski definition) is 4. The Morgan fingerprint density at radius 1 is 1.15 bits per heavy atom. The van der Waals surface area contributed by atoms with Crippen molar-refractivity contribution in [3.63, 3.8) is 0 Å². The van der Waals surface area contributed by atoms with Crippen molar-refractivity contribution in [3.8, 4) is 11.4 Å². The maximum absolute atomic E-state index is 13.0. The van der Waals surface area contributed by atoms with Crippen LogP contribution in [0.1, 0.15) is 37.2 Å². The molecule has 0 radical (unpaired) electrons. The molecule has 0 bridgehead atoms. The molecule has 4 aromatic rings. The highest BCUT2D eigenvalue weighted by atomic mass is 19.1. The lowest BCUT2D eigenvalue weighted by atomic mass is 10.1. The Morgan fingerprint density at radius 2 is 2.00 bits per heavy atom. The standard InChI is InChI=1S/C24H23FN4O2.C2H6/c1-28-22-3-2-9-26-14-21(22)20-7-6-18(11-23(20)28)29-10-8-19(12-24(29)30)31-15-17-5-4-16(25)13-27-17;1-2/h4-8,10-13,26H,2-3,9,14-15H2,1H3;1-2H3. The molecule has 0 amide bonds. The highest BCUT2D eigenvalue weighted by Gasteiger charge is 2.17. The van der Waals surface area contributed by atoms with Crippen LogP contribution < -0.4 is 15.6 Å². The van der Waals surface area contributed by atoms with Gasteiger partial charge in [0.25, 0.3) is 5.56 Å². The monoisotopic (exact) mass is 448 g/mol. The molecule has 3 aromatic heterocycles. The summed E-state index contributed by atoms with van der Waals surface area (Å²) < 4.78 is 22.5. The van der Waals surface area contributed by atoms with Gasteiger partial charge >= 0.3 is 0 Å². The lowest BCUT2D eigenvalue weighted by molar-refractivity contribution is 0.300. The van der Waals surface area contributed by atoms with Crippen molar-refractivity contribution >= 4 is 10.9 Å². The fraction of sp³-hybridized carbons (Fsp3) is 0.308. The molecule has 5 rings (SSSR count). The molecule has 0 spiro atoms. The Balaban J connectivity index is 0.00000126. The third kappa shape index (κ3) is 4.68. The van der Waals surface area contributed by atoms with E-state index >= 15 is 0 Å². The number of rotatable bonds is 4. The van der Waals surface area contributed by atoms with E-state index in [9.17, 15) is 9.18 Å². The van der Waals surface area contributed by atoms with Crippen molar-refractivity contribution in [2.24, 2.45) is 7.05 Å². The molecule has 0 aliphatic carbocycles. The van der Waals surface area contributed by atoms with E-state index < -0.39 is 5.82 Å². The molecule has 172 valence electrons. The quantitative estimate of drug-likeness (QED) is 0.499. The van der Waals surface area contributed by atoms with Gasteiger partial charge in [0.1, 0.15) is 18.2 Å². The van der Waals surface area contributed by atoms with Crippen molar-refractivity contribution in [2.45, 2.75) is 39.8 Å². The molecule has 0 unspecified atom stereocenters. The molecule has 4 heterocycles. The maximum atomic E-state index is 13.0. The van der Waals surface area contributed by atoms with Crippen molar-refractivity contribution in [2.75, 3.05) is 6.54 Å². The largest absolute Gasteiger partial charge is 0.487 e. The van der Waals surface area contributed by atoms with Crippen LogP contribution in [0.25, 0.3) is 16.6 Å². The second kappa shape index (κ2) is 10.0. The predicted molar refractivity (Wildman–Crippen MR) is 128 cm³/mol. The maximum Gasteiger partial charge on any atom is 0.258 e. The van der Waals surface area contributed by atoms with Gasteiger partial charge in [0.15, 0.2) is 0 Å². The topological polar surface area (TPSA) is 61.1 Å². The average Bonchev–Trinajstić information content (AvgIpc) is 2.99. The zero-order valence-corrected chi connectivity index (χ0v) is 19.3. The van der Waals surface area contributed by atoms with Crippen molar-refractivity contribution in [3.05, 3.63) is 88.0 Å². The van der Waals surface area contributed by atoms with Crippen LogP contribution in [0.2, 0.25) is 0 Å². The number of pyridine rings is 2. The lowest BCUT2D eigenvalue weighted by Gasteiger charge is -2.10. The Bertz CT molecular complexity index is 1310. The second-order valence-electron chi connectivity index (χ2n) is 7.79. The molecule has 1 aliphatic rings. The Labute approximate surface area is 192 Å². The van der Waals surface area contributed by atoms with Crippen LogP contribution in [-0.4, -0.2) is 20.7 Å². The first-order valence-corrected chi connectivity index (χ1v) is 11.4. The van der Waals surface area contributed by atoms with Crippen LogP contribution in [0.4, 0.5) is 4.39 Å². The normalized spacial score (nSPS) is 13.1. The minimum atomic E-state index is -0.394. The van der Waals surface area contributed by atoms with E-state index in [2.05, 4.69) is 34.0 Å². The number of hydrogen-bond donors (Lipinski definition) is 1. The molecule has 0 saturated carbocycles.